The predicted octanol–water partition coefficient (Wildman–Crippen LogP) is 5.55. The highest BCUT2D eigenvalue weighted by molar-refractivity contribution is 9.10. The van der Waals surface area contributed by atoms with E-state index in [1.807, 2.05) is 30.3 Å². The van der Waals surface area contributed by atoms with E-state index in [-0.39, 0.29) is 11.4 Å². The van der Waals surface area contributed by atoms with Crippen LogP contribution in [0, 0.1) is 5.82 Å². The van der Waals surface area contributed by atoms with Crippen molar-refractivity contribution in [3.63, 3.8) is 0 Å². The second-order valence-corrected chi connectivity index (χ2v) is 7.38. The summed E-state index contributed by atoms with van der Waals surface area (Å²) < 4.78 is 23.7. The Morgan fingerprint density at radius 3 is 2.72 bits per heavy atom. The van der Waals surface area contributed by atoms with Crippen molar-refractivity contribution < 1.29 is 13.9 Å². The highest BCUT2D eigenvalue weighted by atomic mass is 79.9. The van der Waals surface area contributed by atoms with E-state index in [9.17, 15) is 9.18 Å². The second kappa shape index (κ2) is 8.46. The quantitative estimate of drug-likeness (QED) is 0.413. The van der Waals surface area contributed by atoms with Crippen LogP contribution in [0.3, 0.4) is 0 Å². The molecule has 2 aromatic carbocycles. The first-order valence-corrected chi connectivity index (χ1v) is 9.95. The van der Waals surface area contributed by atoms with Gasteiger partial charge in [-0.2, -0.15) is 9.36 Å². The van der Waals surface area contributed by atoms with Crippen LogP contribution in [-0.4, -0.2) is 20.2 Å². The van der Waals surface area contributed by atoms with E-state index in [1.54, 1.807) is 12.1 Å². The average molecular weight is 471 g/mol. The van der Waals surface area contributed by atoms with Gasteiger partial charge in [0.2, 0.25) is 11.0 Å². The monoisotopic (exact) mass is 470 g/mol. The Kier molecular flexibility index (Phi) is 5.59. The lowest BCUT2D eigenvalue weighted by atomic mass is 10.2. The first kappa shape index (κ1) is 19.2. The summed E-state index contributed by atoms with van der Waals surface area (Å²) in [6.45, 7) is 0. The molecule has 4 rings (SSSR count). The highest BCUT2D eigenvalue weighted by Crippen LogP contribution is 2.31. The zero-order valence-electron chi connectivity index (χ0n) is 14.7. The average Bonchev–Trinajstić information content (AvgIpc) is 3.19. The molecule has 0 atom stereocenters. The predicted molar refractivity (Wildman–Crippen MR) is 112 cm³/mol. The van der Waals surface area contributed by atoms with Crippen LogP contribution < -0.4 is 10.1 Å². The standard InChI is InChI=1S/C20H12BrFN4O2S/c21-15-11-13(22)8-9-16(15)28-19-14(7-4-10-23-19)18(27)25-20-24-17(26-29-20)12-5-2-1-3-6-12/h1-11H,(H,24,25,26,27). The van der Waals surface area contributed by atoms with E-state index in [4.69, 9.17) is 4.74 Å². The molecule has 29 heavy (non-hydrogen) atoms. The van der Waals surface area contributed by atoms with Crippen molar-refractivity contribution in [2.24, 2.45) is 0 Å². The summed E-state index contributed by atoms with van der Waals surface area (Å²) in [5.41, 5.74) is 1.07. The second-order valence-electron chi connectivity index (χ2n) is 5.78. The molecular formula is C20H12BrFN4O2S. The summed E-state index contributed by atoms with van der Waals surface area (Å²) in [6, 6.07) is 16.6. The SMILES string of the molecule is O=C(Nc1nc(-c2ccccc2)ns1)c1cccnc1Oc1ccc(F)cc1Br. The molecule has 1 N–H and O–H groups in total. The fourth-order valence-electron chi connectivity index (χ4n) is 2.45. The molecule has 0 radical (unpaired) electrons. The molecule has 0 fully saturated rings. The van der Waals surface area contributed by atoms with E-state index in [2.05, 4.69) is 35.6 Å². The largest absolute Gasteiger partial charge is 0.437 e. The lowest BCUT2D eigenvalue weighted by molar-refractivity contribution is 0.102. The van der Waals surface area contributed by atoms with Gasteiger partial charge in [-0.3, -0.25) is 10.1 Å². The van der Waals surface area contributed by atoms with E-state index in [0.29, 0.717) is 21.2 Å². The first-order valence-electron chi connectivity index (χ1n) is 8.38. The molecule has 0 saturated heterocycles. The number of rotatable bonds is 5. The van der Waals surface area contributed by atoms with Gasteiger partial charge in [0.1, 0.15) is 17.1 Å². The molecule has 4 aromatic rings. The molecule has 0 saturated carbocycles. The normalized spacial score (nSPS) is 10.6. The number of ether oxygens (including phenoxy) is 1. The van der Waals surface area contributed by atoms with Crippen molar-refractivity contribution in [1.29, 1.82) is 0 Å². The molecule has 2 heterocycles. The number of anilines is 1. The van der Waals surface area contributed by atoms with Gasteiger partial charge in [0, 0.05) is 23.3 Å². The van der Waals surface area contributed by atoms with Crippen LogP contribution in [0.4, 0.5) is 9.52 Å². The minimum Gasteiger partial charge on any atom is -0.437 e. The molecule has 0 aliphatic heterocycles. The number of hydrogen-bond acceptors (Lipinski definition) is 6. The number of aromatic nitrogens is 3. The summed E-state index contributed by atoms with van der Waals surface area (Å²) in [7, 11) is 0. The van der Waals surface area contributed by atoms with Crippen molar-refractivity contribution in [2.45, 2.75) is 0 Å². The van der Waals surface area contributed by atoms with Crippen molar-refractivity contribution in [3.05, 3.63) is 82.7 Å². The Morgan fingerprint density at radius 1 is 1.10 bits per heavy atom. The summed E-state index contributed by atoms with van der Waals surface area (Å²) in [5, 5.41) is 3.07. The van der Waals surface area contributed by atoms with Crippen molar-refractivity contribution >= 4 is 38.5 Å². The molecule has 2 aromatic heterocycles. The van der Waals surface area contributed by atoms with Crippen LogP contribution in [0.25, 0.3) is 11.4 Å². The van der Waals surface area contributed by atoms with Crippen molar-refractivity contribution in [2.75, 3.05) is 5.32 Å². The smallest absolute Gasteiger partial charge is 0.262 e. The maximum Gasteiger partial charge on any atom is 0.262 e. The number of nitrogens with one attached hydrogen (secondary N) is 1. The number of halogens is 2. The maximum absolute atomic E-state index is 13.3. The lowest BCUT2D eigenvalue weighted by Gasteiger charge is -2.10. The number of nitrogens with zero attached hydrogens (tertiary/aromatic N) is 3. The van der Waals surface area contributed by atoms with Gasteiger partial charge >= 0.3 is 0 Å². The molecule has 1 amide bonds. The Hall–Kier alpha value is -3.17. The number of carbonyl (C=O) groups is 1. The Morgan fingerprint density at radius 2 is 1.93 bits per heavy atom. The van der Waals surface area contributed by atoms with Gasteiger partial charge in [0.05, 0.1) is 4.47 Å². The maximum atomic E-state index is 13.3. The number of benzene rings is 2. The number of carbonyl (C=O) groups excluding carboxylic acids is 1. The number of pyridine rings is 1. The van der Waals surface area contributed by atoms with Gasteiger partial charge in [-0.25, -0.2) is 9.37 Å². The van der Waals surface area contributed by atoms with Crippen LogP contribution in [-0.2, 0) is 0 Å². The van der Waals surface area contributed by atoms with E-state index in [1.165, 1.54) is 24.4 Å². The van der Waals surface area contributed by atoms with Gasteiger partial charge in [0.15, 0.2) is 5.82 Å². The van der Waals surface area contributed by atoms with Gasteiger partial charge in [-0.05, 0) is 46.3 Å². The van der Waals surface area contributed by atoms with Crippen LogP contribution in [0.2, 0.25) is 0 Å². The summed E-state index contributed by atoms with van der Waals surface area (Å²) in [6.07, 6.45) is 1.50. The van der Waals surface area contributed by atoms with Crippen LogP contribution in [0.15, 0.2) is 71.3 Å². The van der Waals surface area contributed by atoms with Gasteiger partial charge in [-0.15, -0.1) is 0 Å². The van der Waals surface area contributed by atoms with Crippen LogP contribution in [0.1, 0.15) is 10.4 Å². The summed E-state index contributed by atoms with van der Waals surface area (Å²) in [4.78, 5) is 21.2. The number of amides is 1. The topological polar surface area (TPSA) is 77.0 Å². The zero-order chi connectivity index (χ0) is 20.2. The minimum absolute atomic E-state index is 0.0881. The molecule has 0 aliphatic rings. The van der Waals surface area contributed by atoms with Crippen LogP contribution >= 0.6 is 27.5 Å². The van der Waals surface area contributed by atoms with E-state index >= 15 is 0 Å². The molecule has 0 unspecified atom stereocenters. The van der Waals surface area contributed by atoms with Crippen LogP contribution in [0.5, 0.6) is 11.6 Å². The van der Waals surface area contributed by atoms with E-state index in [0.717, 1.165) is 17.1 Å². The minimum atomic E-state index is -0.443. The first-order chi connectivity index (χ1) is 14.1. The molecule has 0 spiro atoms. The molecule has 0 aliphatic carbocycles. The van der Waals surface area contributed by atoms with Gasteiger partial charge in [-0.1, -0.05) is 30.3 Å². The third kappa shape index (κ3) is 4.47. The molecule has 9 heteroatoms. The lowest BCUT2D eigenvalue weighted by Crippen LogP contribution is -2.13. The molecule has 144 valence electrons. The van der Waals surface area contributed by atoms with Gasteiger partial charge in [0.25, 0.3) is 5.91 Å². The van der Waals surface area contributed by atoms with Gasteiger partial charge < -0.3 is 4.74 Å². The third-order valence-corrected chi connectivity index (χ3v) is 5.05. The highest BCUT2D eigenvalue weighted by Gasteiger charge is 2.17. The Bertz CT molecular complexity index is 1170. The summed E-state index contributed by atoms with van der Waals surface area (Å²) in [5.74, 6) is 0.103. The third-order valence-electron chi connectivity index (χ3n) is 3.79. The molecular weight excluding hydrogens is 459 g/mol. The fourth-order valence-corrected chi connectivity index (χ4v) is 3.47. The van der Waals surface area contributed by atoms with Crippen molar-refractivity contribution in [3.8, 4) is 23.0 Å². The molecule has 0 bridgehead atoms. The fraction of sp³-hybridized carbons (Fsp3) is 0. The zero-order valence-corrected chi connectivity index (χ0v) is 17.1. The van der Waals surface area contributed by atoms with Crippen molar-refractivity contribution in [1.82, 2.24) is 14.3 Å². The number of hydrogen-bond donors (Lipinski definition) is 1. The Balaban J connectivity index is 1.55. The summed E-state index contributed by atoms with van der Waals surface area (Å²) >= 11 is 4.31. The van der Waals surface area contributed by atoms with E-state index < -0.39 is 11.7 Å². The molecule has 6 nitrogen and oxygen atoms in total. The Labute approximate surface area is 177 Å².